The van der Waals surface area contributed by atoms with Gasteiger partial charge in [-0.2, -0.15) is 0 Å². The summed E-state index contributed by atoms with van der Waals surface area (Å²) < 4.78 is 0. The summed E-state index contributed by atoms with van der Waals surface area (Å²) in [5.41, 5.74) is 1.37. The molecule has 0 aromatic carbocycles. The lowest BCUT2D eigenvalue weighted by atomic mass is 10.3. The topological polar surface area (TPSA) is 67.8 Å². The molecule has 0 saturated heterocycles. The molecule has 0 aliphatic heterocycles. The number of carbonyl (C=O) groups excluding carboxylic acids is 1. The Kier molecular flexibility index (Phi) is 4.55. The van der Waals surface area contributed by atoms with E-state index < -0.39 is 0 Å². The first kappa shape index (κ1) is 14.8. The average molecular weight is 330 g/mol. The van der Waals surface area contributed by atoms with Crippen molar-refractivity contribution in [3.05, 3.63) is 51.7 Å². The lowest BCUT2D eigenvalue weighted by molar-refractivity contribution is 0.0949. The number of thiophene rings is 1. The number of amides is 1. The number of nitrogens with one attached hydrogen (secondary N) is 1. The zero-order valence-corrected chi connectivity index (χ0v) is 13.6. The van der Waals surface area contributed by atoms with Gasteiger partial charge in [-0.15, -0.1) is 22.7 Å². The molecule has 3 heterocycles. The monoisotopic (exact) mass is 330 g/mol. The quantitative estimate of drug-likeness (QED) is 0.781. The fourth-order valence-electron chi connectivity index (χ4n) is 1.93. The van der Waals surface area contributed by atoms with Crippen molar-refractivity contribution in [1.82, 2.24) is 20.3 Å². The van der Waals surface area contributed by atoms with E-state index in [0.717, 1.165) is 17.1 Å². The Bertz CT molecular complexity index is 767. The van der Waals surface area contributed by atoms with Crippen LogP contribution in [0, 0.1) is 6.92 Å². The molecule has 0 saturated carbocycles. The van der Waals surface area contributed by atoms with Crippen molar-refractivity contribution in [2.24, 2.45) is 0 Å². The number of carbonyl (C=O) groups is 1. The molecule has 0 aliphatic rings. The van der Waals surface area contributed by atoms with Crippen LogP contribution in [0.1, 0.15) is 20.4 Å². The number of nitrogens with zero attached hydrogens (tertiary/aromatic N) is 3. The summed E-state index contributed by atoms with van der Waals surface area (Å²) in [5.74, 6) is -0.194. The van der Waals surface area contributed by atoms with Crippen LogP contribution in [0.25, 0.3) is 10.6 Å². The Morgan fingerprint density at radius 3 is 2.95 bits per heavy atom. The molecule has 7 heteroatoms. The third kappa shape index (κ3) is 3.55. The summed E-state index contributed by atoms with van der Waals surface area (Å²) in [4.78, 5) is 26.6. The van der Waals surface area contributed by atoms with Gasteiger partial charge in [0.15, 0.2) is 0 Å². The maximum atomic E-state index is 11.8. The molecule has 112 valence electrons. The minimum atomic E-state index is -0.194. The van der Waals surface area contributed by atoms with Gasteiger partial charge in [0.25, 0.3) is 5.91 Å². The van der Waals surface area contributed by atoms with Gasteiger partial charge >= 0.3 is 0 Å². The standard InChI is InChI=1S/C15H14N4OS2/c1-10-19-13(9-21-10)14-3-2-11(22-14)4-5-18-15(20)12-8-16-6-7-17-12/h2-3,6-9H,4-5H2,1H3,(H,18,20). The van der Waals surface area contributed by atoms with E-state index in [1.165, 1.54) is 22.1 Å². The van der Waals surface area contributed by atoms with Crippen LogP contribution in [-0.4, -0.2) is 27.4 Å². The predicted octanol–water partition coefficient (Wildman–Crippen LogP) is 2.94. The summed E-state index contributed by atoms with van der Waals surface area (Å²) in [6, 6.07) is 4.17. The van der Waals surface area contributed by atoms with Crippen LogP contribution in [0.15, 0.2) is 36.1 Å². The van der Waals surface area contributed by atoms with Crippen molar-refractivity contribution >= 4 is 28.6 Å². The van der Waals surface area contributed by atoms with Crippen LogP contribution >= 0.6 is 22.7 Å². The van der Waals surface area contributed by atoms with Crippen LogP contribution in [-0.2, 0) is 6.42 Å². The van der Waals surface area contributed by atoms with E-state index in [1.54, 1.807) is 28.9 Å². The van der Waals surface area contributed by atoms with Gasteiger partial charge in [-0.25, -0.2) is 9.97 Å². The Balaban J connectivity index is 1.54. The van der Waals surface area contributed by atoms with Gasteiger partial charge in [-0.3, -0.25) is 9.78 Å². The molecule has 3 aromatic heterocycles. The molecule has 0 bridgehead atoms. The van der Waals surface area contributed by atoms with Gasteiger partial charge in [0, 0.05) is 29.2 Å². The third-order valence-electron chi connectivity index (χ3n) is 2.99. The molecule has 0 atom stereocenters. The van der Waals surface area contributed by atoms with E-state index in [-0.39, 0.29) is 5.91 Å². The minimum absolute atomic E-state index is 0.194. The second kappa shape index (κ2) is 6.76. The van der Waals surface area contributed by atoms with Crippen LogP contribution in [0.4, 0.5) is 0 Å². The van der Waals surface area contributed by atoms with E-state index in [0.29, 0.717) is 12.2 Å². The van der Waals surface area contributed by atoms with Gasteiger partial charge in [0.05, 0.1) is 21.8 Å². The Morgan fingerprint density at radius 1 is 1.32 bits per heavy atom. The van der Waals surface area contributed by atoms with Crippen LogP contribution in [0.2, 0.25) is 0 Å². The summed E-state index contributed by atoms with van der Waals surface area (Å²) in [6.07, 6.45) is 5.31. The van der Waals surface area contributed by atoms with Crippen molar-refractivity contribution in [1.29, 1.82) is 0 Å². The predicted molar refractivity (Wildman–Crippen MR) is 88.2 cm³/mol. The van der Waals surface area contributed by atoms with Crippen LogP contribution < -0.4 is 5.32 Å². The summed E-state index contributed by atoms with van der Waals surface area (Å²) >= 11 is 3.37. The Labute approximate surface area is 136 Å². The van der Waals surface area contributed by atoms with Crippen molar-refractivity contribution in [2.45, 2.75) is 13.3 Å². The van der Waals surface area contributed by atoms with E-state index in [4.69, 9.17) is 0 Å². The molecular formula is C15H14N4OS2. The number of aryl methyl sites for hydroxylation is 1. The number of aromatic nitrogens is 3. The molecule has 3 rings (SSSR count). The Hall–Kier alpha value is -2.12. The SMILES string of the molecule is Cc1nc(-c2ccc(CCNC(=O)c3cnccn3)s2)cs1. The van der Waals surface area contributed by atoms with E-state index in [9.17, 15) is 4.79 Å². The van der Waals surface area contributed by atoms with Gasteiger partial charge in [0.1, 0.15) is 5.69 Å². The highest BCUT2D eigenvalue weighted by Gasteiger charge is 2.08. The Morgan fingerprint density at radius 2 is 2.23 bits per heavy atom. The van der Waals surface area contributed by atoms with Crippen LogP contribution in [0.3, 0.4) is 0 Å². The lowest BCUT2D eigenvalue weighted by Gasteiger charge is -2.02. The number of hydrogen-bond donors (Lipinski definition) is 1. The van der Waals surface area contributed by atoms with E-state index in [2.05, 4.69) is 37.8 Å². The number of thiazole rings is 1. The highest BCUT2D eigenvalue weighted by atomic mass is 32.1. The smallest absolute Gasteiger partial charge is 0.271 e. The zero-order valence-electron chi connectivity index (χ0n) is 11.9. The normalized spacial score (nSPS) is 10.6. The second-order valence-electron chi connectivity index (χ2n) is 4.61. The van der Waals surface area contributed by atoms with Crippen LogP contribution in [0.5, 0.6) is 0 Å². The third-order valence-corrected chi connectivity index (χ3v) is 4.93. The zero-order chi connectivity index (χ0) is 15.4. The molecule has 0 spiro atoms. The maximum absolute atomic E-state index is 11.8. The molecule has 1 amide bonds. The molecule has 1 N–H and O–H groups in total. The van der Waals surface area contributed by atoms with Gasteiger partial charge in [-0.1, -0.05) is 0 Å². The largest absolute Gasteiger partial charge is 0.350 e. The summed E-state index contributed by atoms with van der Waals surface area (Å²) in [7, 11) is 0. The molecule has 0 fully saturated rings. The molecule has 0 aliphatic carbocycles. The molecule has 0 radical (unpaired) electrons. The number of hydrogen-bond acceptors (Lipinski definition) is 6. The molecular weight excluding hydrogens is 316 g/mol. The first-order valence-electron chi connectivity index (χ1n) is 6.78. The van der Waals surface area contributed by atoms with Crippen molar-refractivity contribution < 1.29 is 4.79 Å². The summed E-state index contributed by atoms with van der Waals surface area (Å²) in [6.45, 7) is 2.58. The fourth-order valence-corrected chi connectivity index (χ4v) is 3.59. The van der Waals surface area contributed by atoms with Crippen molar-refractivity contribution in [3.63, 3.8) is 0 Å². The fraction of sp³-hybridized carbons (Fsp3) is 0.200. The first-order chi connectivity index (χ1) is 10.7. The number of rotatable bonds is 5. The van der Waals surface area contributed by atoms with E-state index >= 15 is 0 Å². The minimum Gasteiger partial charge on any atom is -0.350 e. The molecule has 3 aromatic rings. The van der Waals surface area contributed by atoms with Crippen molar-refractivity contribution in [2.75, 3.05) is 6.54 Å². The van der Waals surface area contributed by atoms with E-state index in [1.807, 2.05) is 6.92 Å². The average Bonchev–Trinajstić information content (AvgIpc) is 3.17. The molecule has 5 nitrogen and oxygen atoms in total. The summed E-state index contributed by atoms with van der Waals surface area (Å²) in [5, 5.41) is 5.99. The van der Waals surface area contributed by atoms with Crippen molar-refractivity contribution in [3.8, 4) is 10.6 Å². The highest BCUT2D eigenvalue weighted by Crippen LogP contribution is 2.29. The van der Waals surface area contributed by atoms with Gasteiger partial charge in [-0.05, 0) is 25.5 Å². The first-order valence-corrected chi connectivity index (χ1v) is 8.47. The van der Waals surface area contributed by atoms with Gasteiger partial charge < -0.3 is 5.32 Å². The molecule has 22 heavy (non-hydrogen) atoms. The lowest BCUT2D eigenvalue weighted by Crippen LogP contribution is -2.26. The maximum Gasteiger partial charge on any atom is 0.271 e. The van der Waals surface area contributed by atoms with Gasteiger partial charge in [0.2, 0.25) is 0 Å². The second-order valence-corrected chi connectivity index (χ2v) is 6.84. The highest BCUT2D eigenvalue weighted by molar-refractivity contribution is 7.16. The molecule has 0 unspecified atom stereocenters.